The molecule has 1 aliphatic carbocycles. The number of benzene rings is 2. The molecule has 0 bridgehead atoms. The molecule has 0 spiro atoms. The van der Waals surface area contributed by atoms with Crippen LogP contribution in [0.25, 0.3) is 33.4 Å². The van der Waals surface area contributed by atoms with E-state index < -0.39 is 0 Å². The van der Waals surface area contributed by atoms with Gasteiger partial charge in [-0.1, -0.05) is 6.07 Å². The maximum Gasteiger partial charge on any atom is 0.200 e. The molecule has 2 aromatic rings. The van der Waals surface area contributed by atoms with E-state index in [-0.39, 0.29) is 0 Å². The van der Waals surface area contributed by atoms with Crippen molar-refractivity contribution >= 4 is 16.7 Å². The maximum absolute atomic E-state index is 5.99. The first-order valence-corrected chi connectivity index (χ1v) is 6.97. The monoisotopic (exact) mass is 288 g/mol. The average molecular weight is 288 g/mol. The molecule has 1 aliphatic heterocycles. The molecule has 22 heavy (non-hydrogen) atoms. The molecule has 2 aliphatic rings. The van der Waals surface area contributed by atoms with Gasteiger partial charge in [-0.15, -0.1) is 0 Å². The van der Waals surface area contributed by atoms with Crippen LogP contribution in [0, 0.1) is 0 Å². The number of fused-ring (bicyclic) bond motifs is 2. The van der Waals surface area contributed by atoms with Crippen molar-refractivity contribution in [2.24, 2.45) is 0 Å². The summed E-state index contributed by atoms with van der Waals surface area (Å²) in [5.74, 6) is 0.733. The fraction of sp³-hybridized carbons (Fsp3) is 0. The molecule has 0 radical (unpaired) electrons. The molecule has 4 rings (SSSR count). The largest absolute Gasteiger partial charge is 0.456 e. The van der Waals surface area contributed by atoms with Gasteiger partial charge in [0, 0.05) is 52.3 Å². The van der Waals surface area contributed by atoms with E-state index in [1.54, 1.807) is 6.20 Å². The van der Waals surface area contributed by atoms with E-state index >= 15 is 0 Å². The Kier molecular flexibility index (Phi) is 2.69. The van der Waals surface area contributed by atoms with E-state index in [0.29, 0.717) is 11.0 Å². The molecule has 0 unspecified atom stereocenters. The van der Waals surface area contributed by atoms with Crippen molar-refractivity contribution in [2.75, 3.05) is 5.73 Å². The summed E-state index contributed by atoms with van der Waals surface area (Å²) in [6.45, 7) is 0. The van der Waals surface area contributed by atoms with E-state index in [2.05, 4.69) is 4.98 Å². The molecular weight excluding hydrogens is 274 g/mol. The van der Waals surface area contributed by atoms with E-state index in [1.807, 2.05) is 54.7 Å². The summed E-state index contributed by atoms with van der Waals surface area (Å²) < 4.78 is 5.99. The number of anilines is 1. The van der Waals surface area contributed by atoms with Gasteiger partial charge in [-0.3, -0.25) is 10.4 Å². The SMILES string of the molecule is Nc1ccc2c(-c3cccnc3)c3ccc(=[NH2+])cc-3oc2c1. The van der Waals surface area contributed by atoms with E-state index in [1.165, 1.54) is 0 Å². The summed E-state index contributed by atoms with van der Waals surface area (Å²) in [6, 6.07) is 15.3. The Morgan fingerprint density at radius 2 is 1.95 bits per heavy atom. The summed E-state index contributed by atoms with van der Waals surface area (Å²) in [5, 5.41) is 7.55. The second-order valence-electron chi connectivity index (χ2n) is 5.23. The summed E-state index contributed by atoms with van der Waals surface area (Å²) in [4.78, 5) is 4.23. The Labute approximate surface area is 126 Å². The molecule has 4 heteroatoms. The molecule has 1 aromatic carbocycles. The predicted molar refractivity (Wildman–Crippen MR) is 85.5 cm³/mol. The van der Waals surface area contributed by atoms with Crippen molar-refractivity contribution < 1.29 is 9.83 Å². The van der Waals surface area contributed by atoms with Gasteiger partial charge in [0.15, 0.2) is 5.36 Å². The summed E-state index contributed by atoms with van der Waals surface area (Å²) >= 11 is 0. The number of aromatic nitrogens is 1. The highest BCUT2D eigenvalue weighted by atomic mass is 16.3. The highest BCUT2D eigenvalue weighted by molar-refractivity contribution is 6.02. The van der Waals surface area contributed by atoms with Crippen molar-refractivity contribution in [3.05, 3.63) is 66.3 Å². The lowest BCUT2D eigenvalue weighted by molar-refractivity contribution is -0.172. The molecule has 106 valence electrons. The topological polar surface area (TPSA) is 77.6 Å². The fourth-order valence-electron chi connectivity index (χ4n) is 2.75. The normalized spacial score (nSPS) is 11.1. The molecule has 4 nitrogen and oxygen atoms in total. The zero-order chi connectivity index (χ0) is 15.1. The lowest BCUT2D eigenvalue weighted by Gasteiger charge is -2.14. The van der Waals surface area contributed by atoms with Gasteiger partial charge in [0.1, 0.15) is 11.3 Å². The minimum atomic E-state index is 0.664. The highest BCUT2D eigenvalue weighted by Gasteiger charge is 2.17. The third kappa shape index (κ3) is 1.93. The second kappa shape index (κ2) is 4.70. The molecule has 1 aromatic heterocycles. The first-order valence-electron chi connectivity index (χ1n) is 6.97. The van der Waals surface area contributed by atoms with E-state index in [4.69, 9.17) is 15.6 Å². The van der Waals surface area contributed by atoms with Crippen LogP contribution in [0.15, 0.2) is 65.3 Å². The first-order chi connectivity index (χ1) is 10.7. The van der Waals surface area contributed by atoms with E-state index in [9.17, 15) is 0 Å². The van der Waals surface area contributed by atoms with Gasteiger partial charge in [0.2, 0.25) is 0 Å². The fourth-order valence-corrected chi connectivity index (χ4v) is 2.75. The van der Waals surface area contributed by atoms with Crippen molar-refractivity contribution in [1.29, 1.82) is 0 Å². The number of nitrogen functional groups attached to an aromatic ring is 1. The smallest absolute Gasteiger partial charge is 0.200 e. The minimum Gasteiger partial charge on any atom is -0.456 e. The number of hydrogen-bond donors (Lipinski definition) is 2. The third-order valence-electron chi connectivity index (χ3n) is 3.72. The Morgan fingerprint density at radius 3 is 2.77 bits per heavy atom. The van der Waals surface area contributed by atoms with Gasteiger partial charge in [-0.05, 0) is 24.3 Å². The summed E-state index contributed by atoms with van der Waals surface area (Å²) in [6.07, 6.45) is 3.61. The Hall–Kier alpha value is -3.14. The van der Waals surface area contributed by atoms with Crippen LogP contribution in [0.5, 0.6) is 0 Å². The van der Waals surface area contributed by atoms with Gasteiger partial charge >= 0.3 is 0 Å². The van der Waals surface area contributed by atoms with Crippen LogP contribution in [-0.2, 0) is 0 Å². The van der Waals surface area contributed by atoms with Crippen LogP contribution in [0.2, 0.25) is 0 Å². The van der Waals surface area contributed by atoms with Gasteiger partial charge < -0.3 is 10.2 Å². The van der Waals surface area contributed by atoms with Crippen LogP contribution < -0.4 is 16.5 Å². The standard InChI is InChI=1S/C18H13N3O/c19-12-3-5-14-16(8-12)22-17-9-13(20)4-6-15(17)18(14)11-2-1-7-21-10-11/h1-10,19H,20H2/p+1. The molecule has 0 saturated carbocycles. The maximum atomic E-state index is 5.99. The number of pyridine rings is 1. The molecule has 0 amide bonds. The highest BCUT2D eigenvalue weighted by Crippen LogP contribution is 2.39. The molecular formula is C18H14N3O+. The average Bonchev–Trinajstić information content (AvgIpc) is 2.53. The Morgan fingerprint density at radius 1 is 1.05 bits per heavy atom. The third-order valence-corrected chi connectivity index (χ3v) is 3.72. The number of hydrogen-bond acceptors (Lipinski definition) is 3. The van der Waals surface area contributed by atoms with Gasteiger partial charge in [0.25, 0.3) is 0 Å². The minimum absolute atomic E-state index is 0.664. The summed E-state index contributed by atoms with van der Waals surface area (Å²) in [5.41, 5.74) is 10.4. The van der Waals surface area contributed by atoms with Crippen molar-refractivity contribution in [3.8, 4) is 22.5 Å². The second-order valence-corrected chi connectivity index (χ2v) is 5.23. The lowest BCUT2D eigenvalue weighted by atomic mass is 9.94. The number of nitrogens with two attached hydrogens (primary N) is 2. The van der Waals surface area contributed by atoms with Crippen molar-refractivity contribution in [3.63, 3.8) is 0 Å². The molecule has 2 heterocycles. The molecule has 0 atom stereocenters. The van der Waals surface area contributed by atoms with Gasteiger partial charge in [-0.25, -0.2) is 0 Å². The zero-order valence-corrected chi connectivity index (χ0v) is 11.8. The first kappa shape index (κ1) is 12.6. The zero-order valence-electron chi connectivity index (χ0n) is 11.8. The van der Waals surface area contributed by atoms with Crippen molar-refractivity contribution in [2.45, 2.75) is 0 Å². The van der Waals surface area contributed by atoms with Crippen LogP contribution in [0.1, 0.15) is 0 Å². The van der Waals surface area contributed by atoms with Gasteiger partial charge in [-0.2, -0.15) is 0 Å². The van der Waals surface area contributed by atoms with Crippen LogP contribution in [-0.4, -0.2) is 4.98 Å². The molecule has 0 fully saturated rings. The number of rotatable bonds is 1. The number of nitrogens with zero attached hydrogens (tertiary/aromatic N) is 1. The van der Waals surface area contributed by atoms with Crippen molar-refractivity contribution in [1.82, 2.24) is 4.98 Å². The van der Waals surface area contributed by atoms with Crippen LogP contribution >= 0.6 is 0 Å². The Balaban J connectivity index is 2.21. The summed E-state index contributed by atoms with van der Waals surface area (Å²) in [7, 11) is 0. The Bertz CT molecular complexity index is 1010. The lowest BCUT2D eigenvalue weighted by Crippen LogP contribution is -2.44. The molecule has 0 saturated heterocycles. The van der Waals surface area contributed by atoms with Crippen LogP contribution in [0.3, 0.4) is 0 Å². The van der Waals surface area contributed by atoms with E-state index in [0.717, 1.165) is 33.4 Å². The predicted octanol–water partition coefficient (Wildman–Crippen LogP) is 1.84. The van der Waals surface area contributed by atoms with Crippen LogP contribution in [0.4, 0.5) is 5.69 Å². The van der Waals surface area contributed by atoms with Gasteiger partial charge in [0.05, 0.1) is 6.07 Å². The quantitative estimate of drug-likeness (QED) is 0.414. The molecule has 4 N–H and O–H groups in total.